The average Bonchev–Trinajstić information content (AvgIpc) is 2.88. The molecule has 2 atom stereocenters. The lowest BCUT2D eigenvalue weighted by atomic mass is 9.93. The number of carbonyl (C=O) groups is 1. The fraction of sp³-hybridized carbons (Fsp3) is 0.379. The smallest absolute Gasteiger partial charge is 0.237 e. The van der Waals surface area contributed by atoms with Crippen molar-refractivity contribution in [3.05, 3.63) is 77.1 Å². The Hall–Kier alpha value is -3.42. The molecule has 2 aliphatic heterocycles. The standard InChI is InChI=1S/C29H33N3O4/c1-19-12-23(18-32-17-22-13-24(33)10-9-20(22)15-27(32)29(34)30-2)31-16-26(19)21-6-5-7-25(14-21)36-28-8-3-4-11-35-28/h5-7,9-10,12-14,16,27-28,33H,3-4,8,11,15,17-18H2,1-2H3,(H,30,34)/t27-,28?/m0/s1. The van der Waals surface area contributed by atoms with Crippen LogP contribution in [-0.4, -0.2) is 46.9 Å². The number of phenolic OH excluding ortho intramolecular Hbond substituents is 1. The lowest BCUT2D eigenvalue weighted by Gasteiger charge is -2.35. The van der Waals surface area contributed by atoms with Crippen LogP contribution in [0.15, 0.2) is 54.7 Å². The van der Waals surface area contributed by atoms with E-state index in [0.717, 1.165) is 65.1 Å². The lowest BCUT2D eigenvalue weighted by Crippen LogP contribution is -2.49. The van der Waals surface area contributed by atoms with Crippen LogP contribution in [-0.2, 0) is 29.0 Å². The third-order valence-electron chi connectivity index (χ3n) is 7.05. The van der Waals surface area contributed by atoms with Gasteiger partial charge in [-0.2, -0.15) is 0 Å². The number of pyridine rings is 1. The molecular formula is C29H33N3O4. The van der Waals surface area contributed by atoms with E-state index in [1.54, 1.807) is 19.2 Å². The number of aromatic nitrogens is 1. The van der Waals surface area contributed by atoms with Crippen LogP contribution in [0.3, 0.4) is 0 Å². The number of phenols is 1. The summed E-state index contributed by atoms with van der Waals surface area (Å²) in [5, 5.41) is 12.7. The van der Waals surface area contributed by atoms with Gasteiger partial charge in [-0.3, -0.25) is 14.7 Å². The van der Waals surface area contributed by atoms with E-state index in [-0.39, 0.29) is 24.0 Å². The van der Waals surface area contributed by atoms with Gasteiger partial charge >= 0.3 is 0 Å². The second-order valence-corrected chi connectivity index (χ2v) is 9.62. The number of likely N-dealkylation sites (N-methyl/N-ethyl adjacent to an activating group) is 1. The quantitative estimate of drug-likeness (QED) is 0.538. The van der Waals surface area contributed by atoms with Crippen LogP contribution < -0.4 is 10.1 Å². The largest absolute Gasteiger partial charge is 0.508 e. The number of aromatic hydroxyl groups is 1. The van der Waals surface area contributed by atoms with Gasteiger partial charge < -0.3 is 19.9 Å². The molecule has 1 aromatic heterocycles. The van der Waals surface area contributed by atoms with Gasteiger partial charge in [-0.15, -0.1) is 0 Å². The molecule has 188 valence electrons. The van der Waals surface area contributed by atoms with E-state index < -0.39 is 0 Å². The van der Waals surface area contributed by atoms with Crippen LogP contribution in [0.1, 0.15) is 41.6 Å². The molecule has 1 fully saturated rings. The number of carbonyl (C=O) groups excluding carboxylic acids is 1. The van der Waals surface area contributed by atoms with Gasteiger partial charge in [-0.25, -0.2) is 0 Å². The van der Waals surface area contributed by atoms with Crippen LogP contribution >= 0.6 is 0 Å². The Morgan fingerprint density at radius 2 is 2.08 bits per heavy atom. The van der Waals surface area contributed by atoms with Crippen molar-refractivity contribution in [3.63, 3.8) is 0 Å². The normalized spacial score (nSPS) is 19.9. The summed E-state index contributed by atoms with van der Waals surface area (Å²) < 4.78 is 11.8. The zero-order valence-corrected chi connectivity index (χ0v) is 20.9. The van der Waals surface area contributed by atoms with Gasteiger partial charge in [0.1, 0.15) is 11.5 Å². The second-order valence-electron chi connectivity index (χ2n) is 9.62. The molecule has 0 radical (unpaired) electrons. The number of nitrogens with one attached hydrogen (secondary N) is 1. The number of benzene rings is 2. The second kappa shape index (κ2) is 10.7. The van der Waals surface area contributed by atoms with Gasteiger partial charge in [-0.1, -0.05) is 18.2 Å². The van der Waals surface area contributed by atoms with Gasteiger partial charge in [-0.05, 0) is 78.8 Å². The first-order chi connectivity index (χ1) is 17.5. The van der Waals surface area contributed by atoms with Gasteiger partial charge in [0.2, 0.25) is 5.91 Å². The van der Waals surface area contributed by atoms with Gasteiger partial charge in [0.25, 0.3) is 0 Å². The Balaban J connectivity index is 1.34. The maximum Gasteiger partial charge on any atom is 0.237 e. The molecule has 2 aliphatic rings. The topological polar surface area (TPSA) is 83.9 Å². The van der Waals surface area contributed by atoms with Gasteiger partial charge in [0, 0.05) is 38.3 Å². The molecule has 0 bridgehead atoms. The fourth-order valence-electron chi connectivity index (χ4n) is 5.12. The molecule has 2 N–H and O–H groups in total. The van der Waals surface area contributed by atoms with Crippen LogP contribution in [0.5, 0.6) is 11.5 Å². The summed E-state index contributed by atoms with van der Waals surface area (Å²) >= 11 is 0. The number of fused-ring (bicyclic) bond motifs is 1. The highest BCUT2D eigenvalue weighted by Gasteiger charge is 2.31. The summed E-state index contributed by atoms with van der Waals surface area (Å²) in [5.74, 6) is 1.03. The predicted octanol–water partition coefficient (Wildman–Crippen LogP) is 4.34. The Labute approximate surface area is 212 Å². The zero-order valence-electron chi connectivity index (χ0n) is 20.9. The summed E-state index contributed by atoms with van der Waals surface area (Å²) in [6, 6.07) is 15.2. The van der Waals surface area contributed by atoms with Crippen LogP contribution in [0, 0.1) is 6.92 Å². The van der Waals surface area contributed by atoms with E-state index in [1.165, 1.54) is 0 Å². The minimum absolute atomic E-state index is 0.0131. The molecule has 0 spiro atoms. The number of nitrogens with zero attached hydrogens (tertiary/aromatic N) is 2. The number of hydrogen-bond acceptors (Lipinski definition) is 6. The Morgan fingerprint density at radius 1 is 1.19 bits per heavy atom. The first-order valence-electron chi connectivity index (χ1n) is 12.6. The maximum atomic E-state index is 12.7. The SMILES string of the molecule is CNC(=O)[C@@H]1Cc2ccc(O)cc2CN1Cc1cc(C)c(-c2cccc(OC3CCCCO3)c2)cn1. The summed E-state index contributed by atoms with van der Waals surface area (Å²) in [6.45, 7) is 3.95. The number of rotatable bonds is 6. The van der Waals surface area contributed by atoms with Crippen molar-refractivity contribution < 1.29 is 19.4 Å². The first kappa shape index (κ1) is 24.3. The molecule has 3 heterocycles. The van der Waals surface area contributed by atoms with Crippen LogP contribution in [0.2, 0.25) is 0 Å². The highest BCUT2D eigenvalue weighted by Crippen LogP contribution is 2.30. The van der Waals surface area contributed by atoms with Gasteiger partial charge in [0.15, 0.2) is 6.29 Å². The van der Waals surface area contributed by atoms with Gasteiger partial charge in [0.05, 0.1) is 18.3 Å². The van der Waals surface area contributed by atoms with Crippen molar-refractivity contribution in [2.45, 2.75) is 58.0 Å². The third-order valence-corrected chi connectivity index (χ3v) is 7.05. The fourth-order valence-corrected chi connectivity index (χ4v) is 5.12. The lowest BCUT2D eigenvalue weighted by molar-refractivity contribution is -0.126. The highest BCUT2D eigenvalue weighted by molar-refractivity contribution is 5.82. The van der Waals surface area contributed by atoms with E-state index in [2.05, 4.69) is 29.3 Å². The summed E-state index contributed by atoms with van der Waals surface area (Å²) in [7, 11) is 1.67. The minimum Gasteiger partial charge on any atom is -0.508 e. The number of ether oxygens (including phenoxy) is 2. The highest BCUT2D eigenvalue weighted by atomic mass is 16.7. The molecule has 0 aliphatic carbocycles. The van der Waals surface area contributed by atoms with E-state index in [4.69, 9.17) is 14.5 Å². The zero-order chi connectivity index (χ0) is 25.1. The molecular weight excluding hydrogens is 454 g/mol. The van der Waals surface area contributed by atoms with Crippen molar-refractivity contribution in [1.82, 2.24) is 15.2 Å². The van der Waals surface area contributed by atoms with E-state index in [1.807, 2.05) is 30.5 Å². The minimum atomic E-state index is -0.287. The molecule has 1 unspecified atom stereocenters. The van der Waals surface area contributed by atoms with Crippen LogP contribution in [0.4, 0.5) is 0 Å². The summed E-state index contributed by atoms with van der Waals surface area (Å²) in [5.41, 5.74) is 6.24. The van der Waals surface area contributed by atoms with Crippen molar-refractivity contribution in [2.75, 3.05) is 13.7 Å². The van der Waals surface area contributed by atoms with Crippen molar-refractivity contribution in [2.24, 2.45) is 0 Å². The van der Waals surface area contributed by atoms with Crippen molar-refractivity contribution in [3.8, 4) is 22.6 Å². The molecule has 3 aromatic rings. The molecule has 7 nitrogen and oxygen atoms in total. The first-order valence-corrected chi connectivity index (χ1v) is 12.6. The molecule has 1 amide bonds. The summed E-state index contributed by atoms with van der Waals surface area (Å²) in [6.07, 6.45) is 5.45. The molecule has 0 saturated carbocycles. The Morgan fingerprint density at radius 3 is 2.86 bits per heavy atom. The Kier molecular flexibility index (Phi) is 7.20. The van der Waals surface area contributed by atoms with Crippen LogP contribution in [0.25, 0.3) is 11.1 Å². The number of amides is 1. The van der Waals surface area contributed by atoms with E-state index >= 15 is 0 Å². The molecule has 5 rings (SSSR count). The molecule has 2 aromatic carbocycles. The predicted molar refractivity (Wildman–Crippen MR) is 138 cm³/mol. The van der Waals surface area contributed by atoms with Crippen molar-refractivity contribution >= 4 is 5.91 Å². The molecule has 36 heavy (non-hydrogen) atoms. The maximum absolute atomic E-state index is 12.7. The van der Waals surface area contributed by atoms with Crippen molar-refractivity contribution in [1.29, 1.82) is 0 Å². The molecule has 7 heteroatoms. The Bertz CT molecular complexity index is 1240. The van der Waals surface area contributed by atoms with E-state index in [0.29, 0.717) is 19.5 Å². The average molecular weight is 488 g/mol. The number of aryl methyl sites for hydroxylation is 1. The summed E-state index contributed by atoms with van der Waals surface area (Å²) in [4.78, 5) is 19.6. The van der Waals surface area contributed by atoms with E-state index in [9.17, 15) is 9.90 Å². The third kappa shape index (κ3) is 5.37. The molecule has 1 saturated heterocycles. The monoisotopic (exact) mass is 487 g/mol. The number of hydrogen-bond donors (Lipinski definition) is 2.